The van der Waals surface area contributed by atoms with Crippen LogP contribution in [0.25, 0.3) is 0 Å². The predicted molar refractivity (Wildman–Crippen MR) is 153 cm³/mol. The highest BCUT2D eigenvalue weighted by molar-refractivity contribution is 5.97. The Bertz CT molecular complexity index is 1370. The lowest BCUT2D eigenvalue weighted by Gasteiger charge is -2.42. The van der Waals surface area contributed by atoms with E-state index in [4.69, 9.17) is 28.4 Å². The van der Waals surface area contributed by atoms with Gasteiger partial charge in [-0.1, -0.05) is 24.3 Å². The summed E-state index contributed by atoms with van der Waals surface area (Å²) in [6, 6.07) is 13.8. The van der Waals surface area contributed by atoms with Crippen LogP contribution in [-0.4, -0.2) is 72.0 Å². The van der Waals surface area contributed by atoms with Crippen LogP contribution in [0.1, 0.15) is 44.8 Å². The van der Waals surface area contributed by atoms with E-state index in [9.17, 15) is 9.59 Å². The normalized spacial score (nSPS) is 15.8. The summed E-state index contributed by atoms with van der Waals surface area (Å²) in [5.41, 5.74) is 2.81. The molecule has 1 heterocycles. The Labute approximate surface area is 240 Å². The maximum absolute atomic E-state index is 14.1. The standard InChI is InChI=1S/C31H36N2O8/c1-18-12-19-10-8-9-11-22(19)23(17-32-30(34)20-13-24(36-2)28(40-6)25(14-20)37-3)33(18)31(35)21-15-26(38-4)29(41-7)27(16-21)39-5/h8-11,13-16,18,23H,12,17H2,1-7H3,(H,32,34). The first-order valence-corrected chi connectivity index (χ1v) is 13.1. The Morgan fingerprint density at radius 1 is 0.756 bits per heavy atom. The van der Waals surface area contributed by atoms with Crippen molar-refractivity contribution in [2.75, 3.05) is 49.2 Å². The van der Waals surface area contributed by atoms with Crippen LogP contribution in [0.2, 0.25) is 0 Å². The van der Waals surface area contributed by atoms with Crippen molar-refractivity contribution in [2.24, 2.45) is 0 Å². The van der Waals surface area contributed by atoms with E-state index in [0.29, 0.717) is 52.0 Å². The number of rotatable bonds is 10. The highest BCUT2D eigenvalue weighted by Crippen LogP contribution is 2.41. The van der Waals surface area contributed by atoms with Gasteiger partial charge in [-0.05, 0) is 48.7 Å². The molecule has 0 saturated heterocycles. The average molecular weight is 565 g/mol. The summed E-state index contributed by atoms with van der Waals surface area (Å²) in [5.74, 6) is 1.72. The van der Waals surface area contributed by atoms with Crippen LogP contribution in [0.15, 0.2) is 48.5 Å². The lowest BCUT2D eigenvalue weighted by Crippen LogP contribution is -2.49. The van der Waals surface area contributed by atoms with Gasteiger partial charge in [0.15, 0.2) is 23.0 Å². The third-order valence-electron chi connectivity index (χ3n) is 7.27. The van der Waals surface area contributed by atoms with E-state index < -0.39 is 6.04 Å². The number of amides is 2. The molecule has 4 rings (SSSR count). The van der Waals surface area contributed by atoms with Crippen LogP contribution in [-0.2, 0) is 6.42 Å². The van der Waals surface area contributed by atoms with Crippen LogP contribution >= 0.6 is 0 Å². The lowest BCUT2D eigenvalue weighted by atomic mass is 9.88. The molecule has 0 bridgehead atoms. The van der Waals surface area contributed by atoms with Crippen molar-refractivity contribution in [1.29, 1.82) is 0 Å². The molecule has 10 nitrogen and oxygen atoms in total. The minimum Gasteiger partial charge on any atom is -0.493 e. The Kier molecular flexibility index (Phi) is 9.11. The summed E-state index contributed by atoms with van der Waals surface area (Å²) in [6.45, 7) is 2.17. The quantitative estimate of drug-likeness (QED) is 0.389. The number of hydrogen-bond acceptors (Lipinski definition) is 8. The molecular formula is C31H36N2O8. The molecule has 0 aromatic heterocycles. The predicted octanol–water partition coefficient (Wildman–Crippen LogP) is 4.30. The first-order valence-electron chi connectivity index (χ1n) is 13.1. The number of nitrogens with zero attached hydrogens (tertiary/aromatic N) is 1. The smallest absolute Gasteiger partial charge is 0.254 e. The number of hydrogen-bond donors (Lipinski definition) is 1. The Morgan fingerprint density at radius 2 is 1.24 bits per heavy atom. The summed E-state index contributed by atoms with van der Waals surface area (Å²) in [4.78, 5) is 29.3. The zero-order valence-electron chi connectivity index (χ0n) is 24.4. The van der Waals surface area contributed by atoms with Gasteiger partial charge in [0.1, 0.15) is 0 Å². The van der Waals surface area contributed by atoms with E-state index in [1.54, 1.807) is 29.2 Å². The second-order valence-corrected chi connectivity index (χ2v) is 9.52. The zero-order chi connectivity index (χ0) is 29.7. The molecule has 1 aliphatic heterocycles. The van der Waals surface area contributed by atoms with E-state index in [-0.39, 0.29) is 24.4 Å². The Balaban J connectivity index is 1.69. The maximum Gasteiger partial charge on any atom is 0.254 e. The van der Waals surface area contributed by atoms with Crippen LogP contribution in [0.5, 0.6) is 34.5 Å². The second-order valence-electron chi connectivity index (χ2n) is 9.52. The highest BCUT2D eigenvalue weighted by Gasteiger charge is 2.36. The van der Waals surface area contributed by atoms with E-state index in [2.05, 4.69) is 11.4 Å². The third kappa shape index (κ3) is 5.68. The van der Waals surface area contributed by atoms with Crippen molar-refractivity contribution in [3.63, 3.8) is 0 Å². The summed E-state index contributed by atoms with van der Waals surface area (Å²) < 4.78 is 32.6. The maximum atomic E-state index is 14.1. The van der Waals surface area contributed by atoms with Gasteiger partial charge in [-0.3, -0.25) is 9.59 Å². The van der Waals surface area contributed by atoms with Gasteiger partial charge in [-0.15, -0.1) is 0 Å². The molecule has 0 radical (unpaired) electrons. The minimum absolute atomic E-state index is 0.153. The van der Waals surface area contributed by atoms with E-state index in [1.165, 1.54) is 42.7 Å². The van der Waals surface area contributed by atoms with E-state index >= 15 is 0 Å². The number of nitrogens with one attached hydrogen (secondary N) is 1. The van der Waals surface area contributed by atoms with Gasteiger partial charge in [0.2, 0.25) is 11.5 Å². The summed E-state index contributed by atoms with van der Waals surface area (Å²) in [5, 5.41) is 3.02. The van der Waals surface area contributed by atoms with Crippen molar-refractivity contribution in [3.8, 4) is 34.5 Å². The Morgan fingerprint density at radius 3 is 1.73 bits per heavy atom. The lowest BCUT2D eigenvalue weighted by molar-refractivity contribution is 0.0546. The number of methoxy groups -OCH3 is 6. The van der Waals surface area contributed by atoms with Gasteiger partial charge in [0.25, 0.3) is 11.8 Å². The van der Waals surface area contributed by atoms with Crippen molar-refractivity contribution in [3.05, 3.63) is 70.8 Å². The molecule has 0 fully saturated rings. The number of fused-ring (bicyclic) bond motifs is 1. The van der Waals surface area contributed by atoms with Crippen LogP contribution < -0.4 is 33.7 Å². The molecule has 3 aromatic carbocycles. The van der Waals surface area contributed by atoms with Gasteiger partial charge in [0.05, 0.1) is 48.7 Å². The average Bonchev–Trinajstić information content (AvgIpc) is 3.01. The minimum atomic E-state index is -0.437. The molecule has 3 aromatic rings. The van der Waals surface area contributed by atoms with Crippen molar-refractivity contribution >= 4 is 11.8 Å². The van der Waals surface area contributed by atoms with Crippen molar-refractivity contribution in [2.45, 2.75) is 25.4 Å². The van der Waals surface area contributed by atoms with E-state index in [1.807, 2.05) is 25.1 Å². The molecule has 10 heteroatoms. The van der Waals surface area contributed by atoms with Crippen LogP contribution in [0.3, 0.4) is 0 Å². The fourth-order valence-corrected chi connectivity index (χ4v) is 5.33. The number of benzene rings is 3. The SMILES string of the molecule is COc1cc(C(=O)NCC2c3ccccc3CC(C)N2C(=O)c2cc(OC)c(OC)c(OC)c2)cc(OC)c1OC. The molecule has 2 atom stereocenters. The molecule has 41 heavy (non-hydrogen) atoms. The topological polar surface area (TPSA) is 105 Å². The Hall–Kier alpha value is -4.60. The molecule has 218 valence electrons. The van der Waals surface area contributed by atoms with Gasteiger partial charge in [-0.25, -0.2) is 0 Å². The van der Waals surface area contributed by atoms with Crippen molar-refractivity contribution < 1.29 is 38.0 Å². The zero-order valence-corrected chi connectivity index (χ0v) is 24.4. The van der Waals surface area contributed by atoms with Gasteiger partial charge in [0, 0.05) is 23.7 Å². The fraction of sp³-hybridized carbons (Fsp3) is 0.355. The summed E-state index contributed by atoms with van der Waals surface area (Å²) >= 11 is 0. The molecular weight excluding hydrogens is 528 g/mol. The largest absolute Gasteiger partial charge is 0.493 e. The molecule has 1 aliphatic rings. The molecule has 2 amide bonds. The number of carbonyl (C=O) groups excluding carboxylic acids is 2. The molecule has 1 N–H and O–H groups in total. The molecule has 2 unspecified atom stereocenters. The molecule has 0 aliphatic carbocycles. The monoisotopic (exact) mass is 564 g/mol. The van der Waals surface area contributed by atoms with Gasteiger partial charge in [-0.2, -0.15) is 0 Å². The first-order chi connectivity index (χ1) is 19.8. The van der Waals surface area contributed by atoms with Gasteiger partial charge < -0.3 is 38.6 Å². The molecule has 0 saturated carbocycles. The van der Waals surface area contributed by atoms with Crippen molar-refractivity contribution in [1.82, 2.24) is 10.2 Å². The summed E-state index contributed by atoms with van der Waals surface area (Å²) in [7, 11) is 9.01. The van der Waals surface area contributed by atoms with Crippen LogP contribution in [0.4, 0.5) is 0 Å². The van der Waals surface area contributed by atoms with E-state index in [0.717, 1.165) is 11.1 Å². The second kappa shape index (κ2) is 12.7. The summed E-state index contributed by atoms with van der Waals surface area (Å²) in [6.07, 6.45) is 0.670. The highest BCUT2D eigenvalue weighted by atomic mass is 16.5. The van der Waals surface area contributed by atoms with Gasteiger partial charge >= 0.3 is 0 Å². The first kappa shape index (κ1) is 29.4. The molecule has 0 spiro atoms. The fourth-order valence-electron chi connectivity index (χ4n) is 5.33. The number of ether oxygens (including phenoxy) is 6. The third-order valence-corrected chi connectivity index (χ3v) is 7.27. The van der Waals surface area contributed by atoms with Crippen LogP contribution in [0, 0.1) is 0 Å². The number of carbonyl (C=O) groups is 2.